The molecule has 2 atom stereocenters. The van der Waals surface area contributed by atoms with Gasteiger partial charge in [0.1, 0.15) is 6.04 Å². The maximum atomic E-state index is 12.8. The first kappa shape index (κ1) is 26.0. The van der Waals surface area contributed by atoms with Gasteiger partial charge in [-0.25, -0.2) is 18.4 Å². The Hall–Kier alpha value is -4.03. The van der Waals surface area contributed by atoms with E-state index in [1.165, 1.54) is 24.3 Å². The SMILES string of the molecule is O=C(NC[C@H](NS(=O)(=O)c1ccccc1)C(=O)O)c1cccc(N2CCC[C@@H](Nc3ncccn3)C2)c1. The van der Waals surface area contributed by atoms with Crippen LogP contribution in [0.15, 0.2) is 78.0 Å². The number of carbonyl (C=O) groups excluding carboxylic acids is 1. The van der Waals surface area contributed by atoms with E-state index in [1.54, 1.807) is 42.7 Å². The molecule has 1 amide bonds. The second kappa shape index (κ2) is 11.8. The van der Waals surface area contributed by atoms with Gasteiger partial charge in [-0.3, -0.25) is 9.59 Å². The summed E-state index contributed by atoms with van der Waals surface area (Å²) in [6, 6.07) is 14.8. The van der Waals surface area contributed by atoms with Gasteiger partial charge in [0.25, 0.3) is 5.91 Å². The number of carboxylic acid groups (broad SMARTS) is 1. The number of nitrogens with zero attached hydrogens (tertiary/aromatic N) is 3. The largest absolute Gasteiger partial charge is 0.480 e. The molecule has 194 valence electrons. The van der Waals surface area contributed by atoms with E-state index in [0.717, 1.165) is 25.1 Å². The lowest BCUT2D eigenvalue weighted by Crippen LogP contribution is -2.48. The molecule has 3 aromatic rings. The number of anilines is 2. The molecule has 0 aliphatic carbocycles. The minimum absolute atomic E-state index is 0.0616. The molecule has 1 fully saturated rings. The number of aliphatic carboxylic acids is 1. The fourth-order valence-electron chi connectivity index (χ4n) is 4.06. The Kier molecular flexibility index (Phi) is 8.31. The third kappa shape index (κ3) is 7.02. The Morgan fingerprint density at radius 1 is 1.05 bits per heavy atom. The first-order valence-electron chi connectivity index (χ1n) is 11.8. The van der Waals surface area contributed by atoms with Crippen molar-refractivity contribution in [1.29, 1.82) is 0 Å². The van der Waals surface area contributed by atoms with Gasteiger partial charge in [-0.05, 0) is 49.2 Å². The summed E-state index contributed by atoms with van der Waals surface area (Å²) in [7, 11) is -4.07. The average molecular weight is 525 g/mol. The molecule has 1 aliphatic heterocycles. The number of sulfonamides is 1. The lowest BCUT2D eigenvalue weighted by Gasteiger charge is -2.35. The summed E-state index contributed by atoms with van der Waals surface area (Å²) in [5.74, 6) is -1.34. The van der Waals surface area contributed by atoms with Crippen molar-refractivity contribution in [2.24, 2.45) is 0 Å². The zero-order valence-electron chi connectivity index (χ0n) is 19.9. The van der Waals surface area contributed by atoms with Gasteiger partial charge >= 0.3 is 5.97 Å². The number of nitrogens with one attached hydrogen (secondary N) is 3. The Bertz CT molecular complexity index is 1320. The van der Waals surface area contributed by atoms with Crippen LogP contribution in [0.25, 0.3) is 0 Å². The highest BCUT2D eigenvalue weighted by Crippen LogP contribution is 2.22. The zero-order chi connectivity index (χ0) is 26.3. The normalized spacial score (nSPS) is 16.5. The van der Waals surface area contributed by atoms with Crippen LogP contribution in [0.4, 0.5) is 11.6 Å². The minimum atomic E-state index is -4.07. The van der Waals surface area contributed by atoms with E-state index in [9.17, 15) is 23.1 Å². The molecule has 11 nitrogen and oxygen atoms in total. The van der Waals surface area contributed by atoms with Crippen molar-refractivity contribution in [3.05, 3.63) is 78.6 Å². The Labute approximate surface area is 215 Å². The summed E-state index contributed by atoms with van der Waals surface area (Å²) in [5.41, 5.74) is 1.20. The molecule has 1 aliphatic rings. The van der Waals surface area contributed by atoms with Crippen LogP contribution >= 0.6 is 0 Å². The van der Waals surface area contributed by atoms with E-state index in [-0.39, 0.29) is 10.9 Å². The average Bonchev–Trinajstić information content (AvgIpc) is 2.92. The summed E-state index contributed by atoms with van der Waals surface area (Å²) in [6.07, 6.45) is 5.27. The van der Waals surface area contributed by atoms with Crippen molar-refractivity contribution in [3.8, 4) is 0 Å². The van der Waals surface area contributed by atoms with Crippen molar-refractivity contribution in [3.63, 3.8) is 0 Å². The van der Waals surface area contributed by atoms with E-state index in [0.29, 0.717) is 18.1 Å². The summed E-state index contributed by atoms with van der Waals surface area (Å²) in [5, 5.41) is 15.4. The molecular formula is C25H28N6O5S. The van der Waals surface area contributed by atoms with Crippen molar-refractivity contribution >= 4 is 33.5 Å². The predicted octanol–water partition coefficient (Wildman–Crippen LogP) is 1.72. The number of amides is 1. The van der Waals surface area contributed by atoms with Crippen LogP contribution in [0, 0.1) is 0 Å². The van der Waals surface area contributed by atoms with Crippen LogP contribution in [0.3, 0.4) is 0 Å². The number of aromatic nitrogens is 2. The van der Waals surface area contributed by atoms with Gasteiger partial charge in [0.05, 0.1) is 4.90 Å². The van der Waals surface area contributed by atoms with Crippen LogP contribution in [0.1, 0.15) is 23.2 Å². The standard InChI is InChI=1S/C25H28N6O5S/c32-23(28-16-22(24(33)34)30-37(35,36)21-10-2-1-3-11-21)18-7-4-9-20(15-18)31-14-5-8-19(17-31)29-25-26-12-6-13-27-25/h1-4,6-7,9-13,15,19,22,30H,5,8,14,16-17H2,(H,28,32)(H,33,34)(H,26,27,29)/t19-,22+/m1/s1. The third-order valence-corrected chi connectivity index (χ3v) is 7.40. The van der Waals surface area contributed by atoms with Crippen LogP contribution in [-0.2, 0) is 14.8 Å². The second-order valence-corrected chi connectivity index (χ2v) is 10.3. The van der Waals surface area contributed by atoms with E-state index in [2.05, 4.69) is 30.2 Å². The molecule has 12 heteroatoms. The summed E-state index contributed by atoms with van der Waals surface area (Å²) >= 11 is 0. The first-order valence-corrected chi connectivity index (χ1v) is 13.3. The predicted molar refractivity (Wildman–Crippen MR) is 138 cm³/mol. The number of carboxylic acids is 1. The molecule has 4 N–H and O–H groups in total. The van der Waals surface area contributed by atoms with Crippen molar-refractivity contribution in [2.75, 3.05) is 29.9 Å². The van der Waals surface area contributed by atoms with Gasteiger partial charge in [-0.2, -0.15) is 4.72 Å². The third-order valence-electron chi connectivity index (χ3n) is 5.91. The maximum absolute atomic E-state index is 12.8. The molecule has 0 spiro atoms. The lowest BCUT2D eigenvalue weighted by atomic mass is 10.0. The number of rotatable bonds is 10. The van der Waals surface area contributed by atoms with E-state index < -0.39 is 34.5 Å². The Morgan fingerprint density at radius 2 is 1.81 bits per heavy atom. The number of piperidine rings is 1. The minimum Gasteiger partial charge on any atom is -0.480 e. The highest BCUT2D eigenvalue weighted by molar-refractivity contribution is 7.89. The fraction of sp³-hybridized carbons (Fsp3) is 0.280. The summed E-state index contributed by atoms with van der Waals surface area (Å²) in [4.78, 5) is 35.0. The highest BCUT2D eigenvalue weighted by Gasteiger charge is 2.26. The fourth-order valence-corrected chi connectivity index (χ4v) is 5.27. The number of carbonyl (C=O) groups is 2. The molecule has 2 heterocycles. The van der Waals surface area contributed by atoms with Gasteiger partial charge in [0, 0.05) is 49.3 Å². The molecule has 1 saturated heterocycles. The van der Waals surface area contributed by atoms with E-state index >= 15 is 0 Å². The van der Waals surface area contributed by atoms with Crippen molar-refractivity contribution in [1.82, 2.24) is 20.0 Å². The molecule has 0 saturated carbocycles. The van der Waals surface area contributed by atoms with Gasteiger partial charge in [-0.1, -0.05) is 24.3 Å². The number of hydrogen-bond acceptors (Lipinski definition) is 8. The van der Waals surface area contributed by atoms with Crippen molar-refractivity contribution in [2.45, 2.75) is 29.8 Å². The van der Waals surface area contributed by atoms with Gasteiger partial charge in [0.2, 0.25) is 16.0 Å². The monoisotopic (exact) mass is 524 g/mol. The highest BCUT2D eigenvalue weighted by atomic mass is 32.2. The number of hydrogen-bond donors (Lipinski definition) is 4. The van der Waals surface area contributed by atoms with E-state index in [4.69, 9.17) is 0 Å². The van der Waals surface area contributed by atoms with Crippen LogP contribution in [-0.4, -0.2) is 67.1 Å². The second-order valence-electron chi connectivity index (χ2n) is 8.59. The lowest BCUT2D eigenvalue weighted by molar-refractivity contribution is -0.138. The molecule has 4 rings (SSSR count). The van der Waals surface area contributed by atoms with Gasteiger partial charge in [0.15, 0.2) is 0 Å². The summed E-state index contributed by atoms with van der Waals surface area (Å²) in [6.45, 7) is 1.10. The Morgan fingerprint density at radius 3 is 2.54 bits per heavy atom. The van der Waals surface area contributed by atoms with Crippen LogP contribution < -0.4 is 20.3 Å². The van der Waals surface area contributed by atoms with Crippen LogP contribution in [0.5, 0.6) is 0 Å². The zero-order valence-corrected chi connectivity index (χ0v) is 20.8. The molecule has 2 aromatic carbocycles. The molecular weight excluding hydrogens is 496 g/mol. The maximum Gasteiger partial charge on any atom is 0.323 e. The van der Waals surface area contributed by atoms with Gasteiger partial charge < -0.3 is 20.6 Å². The first-order chi connectivity index (χ1) is 17.8. The topological polar surface area (TPSA) is 154 Å². The van der Waals surface area contributed by atoms with Crippen molar-refractivity contribution < 1.29 is 23.1 Å². The smallest absolute Gasteiger partial charge is 0.323 e. The molecule has 0 radical (unpaired) electrons. The molecule has 0 unspecified atom stereocenters. The Balaban J connectivity index is 1.38. The van der Waals surface area contributed by atoms with E-state index in [1.807, 2.05) is 6.07 Å². The molecule has 0 bridgehead atoms. The quantitative estimate of drug-likeness (QED) is 0.310. The molecule has 37 heavy (non-hydrogen) atoms. The summed E-state index contributed by atoms with van der Waals surface area (Å²) < 4.78 is 27.2. The molecule has 1 aromatic heterocycles. The van der Waals surface area contributed by atoms with Gasteiger partial charge in [-0.15, -0.1) is 0 Å². The number of benzene rings is 2. The van der Waals surface area contributed by atoms with Crippen LogP contribution in [0.2, 0.25) is 0 Å².